The molecule has 2 aromatic rings. The first-order valence-corrected chi connectivity index (χ1v) is 7.83. The summed E-state index contributed by atoms with van der Waals surface area (Å²) in [6.07, 6.45) is 0. The summed E-state index contributed by atoms with van der Waals surface area (Å²) in [6.45, 7) is 0.219. The second-order valence-corrected chi connectivity index (χ2v) is 5.54. The van der Waals surface area contributed by atoms with Crippen molar-refractivity contribution < 1.29 is 28.1 Å². The number of methoxy groups -OCH3 is 4. The summed E-state index contributed by atoms with van der Waals surface area (Å²) in [5.41, 5.74) is 0.959. The van der Waals surface area contributed by atoms with Crippen LogP contribution in [0.5, 0.6) is 23.0 Å². The molecule has 0 aromatic heterocycles. The Kier molecular flexibility index (Phi) is 6.27. The van der Waals surface area contributed by atoms with Gasteiger partial charge in [0.1, 0.15) is 5.75 Å². The van der Waals surface area contributed by atoms with Gasteiger partial charge < -0.3 is 23.8 Å². The first-order chi connectivity index (χ1) is 12.4. The summed E-state index contributed by atoms with van der Waals surface area (Å²) in [5, 5.41) is 0. The minimum absolute atomic E-state index is 0.157. The summed E-state index contributed by atoms with van der Waals surface area (Å²) in [7, 11) is 7.49. The van der Waals surface area contributed by atoms with E-state index in [9.17, 15) is 9.18 Å². The molecule has 7 heteroatoms. The van der Waals surface area contributed by atoms with Crippen LogP contribution in [0.2, 0.25) is 0 Å². The lowest BCUT2D eigenvalue weighted by atomic mass is 10.1. The quantitative estimate of drug-likeness (QED) is 0.756. The van der Waals surface area contributed by atoms with Gasteiger partial charge in [-0.15, -0.1) is 0 Å². The van der Waals surface area contributed by atoms with Crippen LogP contribution in [-0.4, -0.2) is 46.3 Å². The molecule has 0 aliphatic rings. The molecule has 2 rings (SSSR count). The highest BCUT2D eigenvalue weighted by Crippen LogP contribution is 2.35. The molecule has 0 heterocycles. The van der Waals surface area contributed by atoms with Gasteiger partial charge in [0, 0.05) is 25.7 Å². The molecule has 0 N–H and O–H groups in total. The molecule has 0 saturated carbocycles. The summed E-state index contributed by atoms with van der Waals surface area (Å²) < 4.78 is 34.5. The van der Waals surface area contributed by atoms with Gasteiger partial charge in [0.25, 0.3) is 5.91 Å². The van der Waals surface area contributed by atoms with E-state index in [1.165, 1.54) is 45.5 Å². The van der Waals surface area contributed by atoms with Crippen LogP contribution in [0.1, 0.15) is 15.9 Å². The molecule has 0 aliphatic heterocycles. The van der Waals surface area contributed by atoms with Crippen LogP contribution in [0.3, 0.4) is 0 Å². The van der Waals surface area contributed by atoms with E-state index in [4.69, 9.17) is 18.9 Å². The fourth-order valence-corrected chi connectivity index (χ4v) is 2.56. The molecule has 0 unspecified atom stereocenters. The van der Waals surface area contributed by atoms with Gasteiger partial charge in [0.2, 0.25) is 0 Å². The van der Waals surface area contributed by atoms with E-state index in [-0.39, 0.29) is 18.2 Å². The second-order valence-electron chi connectivity index (χ2n) is 5.54. The number of ether oxygens (including phenoxy) is 4. The topological polar surface area (TPSA) is 57.2 Å². The van der Waals surface area contributed by atoms with E-state index < -0.39 is 5.82 Å². The zero-order valence-corrected chi connectivity index (χ0v) is 15.5. The summed E-state index contributed by atoms with van der Waals surface area (Å²) in [6, 6.07) is 7.73. The number of carbonyl (C=O) groups excluding carboxylic acids is 1. The fraction of sp³-hybridized carbons (Fsp3) is 0.316. The number of amides is 1. The van der Waals surface area contributed by atoms with Crippen molar-refractivity contribution in [3.63, 3.8) is 0 Å². The van der Waals surface area contributed by atoms with Crippen LogP contribution in [0, 0.1) is 5.82 Å². The number of hydrogen-bond donors (Lipinski definition) is 0. The monoisotopic (exact) mass is 363 g/mol. The van der Waals surface area contributed by atoms with Crippen molar-refractivity contribution in [3.8, 4) is 23.0 Å². The lowest BCUT2D eigenvalue weighted by Gasteiger charge is -2.20. The van der Waals surface area contributed by atoms with E-state index >= 15 is 0 Å². The summed E-state index contributed by atoms with van der Waals surface area (Å²) in [5.74, 6) is 0.625. The van der Waals surface area contributed by atoms with Crippen molar-refractivity contribution >= 4 is 5.91 Å². The SMILES string of the molecule is COc1ccc(CN(C)C(=O)c2cc(OC)c(OC)cc2OC)cc1F. The van der Waals surface area contributed by atoms with Crippen molar-refractivity contribution in [2.75, 3.05) is 35.5 Å². The Morgan fingerprint density at radius 1 is 0.885 bits per heavy atom. The summed E-state index contributed by atoms with van der Waals surface area (Å²) in [4.78, 5) is 14.3. The third-order valence-electron chi connectivity index (χ3n) is 3.92. The van der Waals surface area contributed by atoms with Crippen LogP contribution >= 0.6 is 0 Å². The highest BCUT2D eigenvalue weighted by molar-refractivity contribution is 5.97. The molecular formula is C19H22FNO5. The lowest BCUT2D eigenvalue weighted by Crippen LogP contribution is -2.26. The fourth-order valence-electron chi connectivity index (χ4n) is 2.56. The molecule has 0 spiro atoms. The second kappa shape index (κ2) is 8.42. The van der Waals surface area contributed by atoms with Crippen LogP contribution in [0.25, 0.3) is 0 Å². The van der Waals surface area contributed by atoms with Gasteiger partial charge in [-0.3, -0.25) is 4.79 Å². The lowest BCUT2D eigenvalue weighted by molar-refractivity contribution is 0.0781. The van der Waals surface area contributed by atoms with Crippen molar-refractivity contribution in [1.29, 1.82) is 0 Å². The predicted molar refractivity (Wildman–Crippen MR) is 94.8 cm³/mol. The van der Waals surface area contributed by atoms with Gasteiger partial charge in [-0.2, -0.15) is 0 Å². The highest BCUT2D eigenvalue weighted by atomic mass is 19.1. The molecule has 26 heavy (non-hydrogen) atoms. The number of rotatable bonds is 7. The third kappa shape index (κ3) is 3.99. The van der Waals surface area contributed by atoms with Gasteiger partial charge in [-0.25, -0.2) is 4.39 Å². The van der Waals surface area contributed by atoms with Gasteiger partial charge in [0.05, 0.1) is 34.0 Å². The molecule has 0 saturated heterocycles. The molecule has 0 atom stereocenters. The number of halogens is 1. The van der Waals surface area contributed by atoms with Crippen molar-refractivity contribution in [1.82, 2.24) is 4.90 Å². The van der Waals surface area contributed by atoms with Crippen LogP contribution in [0.4, 0.5) is 4.39 Å². The number of hydrogen-bond acceptors (Lipinski definition) is 5. The average molecular weight is 363 g/mol. The van der Waals surface area contributed by atoms with Crippen LogP contribution < -0.4 is 18.9 Å². The number of carbonyl (C=O) groups is 1. The molecule has 2 aromatic carbocycles. The van der Waals surface area contributed by atoms with Gasteiger partial charge >= 0.3 is 0 Å². The van der Waals surface area contributed by atoms with Crippen molar-refractivity contribution in [3.05, 3.63) is 47.3 Å². The van der Waals surface area contributed by atoms with Gasteiger partial charge in [0.15, 0.2) is 23.1 Å². The minimum atomic E-state index is -0.477. The average Bonchev–Trinajstić information content (AvgIpc) is 2.66. The zero-order valence-electron chi connectivity index (χ0n) is 15.5. The molecule has 6 nitrogen and oxygen atoms in total. The minimum Gasteiger partial charge on any atom is -0.496 e. The molecule has 0 bridgehead atoms. The Bertz CT molecular complexity index is 794. The Hall–Kier alpha value is -2.96. The van der Waals surface area contributed by atoms with Crippen molar-refractivity contribution in [2.45, 2.75) is 6.54 Å². The smallest absolute Gasteiger partial charge is 0.257 e. The van der Waals surface area contributed by atoms with Crippen LogP contribution in [0.15, 0.2) is 30.3 Å². The molecule has 0 radical (unpaired) electrons. The van der Waals surface area contributed by atoms with Gasteiger partial charge in [-0.05, 0) is 17.7 Å². The van der Waals surface area contributed by atoms with Crippen LogP contribution in [-0.2, 0) is 6.54 Å². The van der Waals surface area contributed by atoms with Crippen molar-refractivity contribution in [2.24, 2.45) is 0 Å². The maximum atomic E-state index is 13.8. The van der Waals surface area contributed by atoms with E-state index in [1.807, 2.05) is 0 Å². The maximum absolute atomic E-state index is 13.8. The Balaban J connectivity index is 2.28. The zero-order chi connectivity index (χ0) is 19.3. The van der Waals surface area contributed by atoms with E-state index in [2.05, 4.69) is 0 Å². The predicted octanol–water partition coefficient (Wildman–Crippen LogP) is 3.13. The summed E-state index contributed by atoms with van der Waals surface area (Å²) >= 11 is 0. The van der Waals surface area contributed by atoms with E-state index in [0.29, 0.717) is 28.4 Å². The third-order valence-corrected chi connectivity index (χ3v) is 3.92. The largest absolute Gasteiger partial charge is 0.496 e. The number of nitrogens with zero attached hydrogens (tertiary/aromatic N) is 1. The van der Waals surface area contributed by atoms with Gasteiger partial charge in [-0.1, -0.05) is 6.07 Å². The molecule has 0 fully saturated rings. The molecule has 0 aliphatic carbocycles. The molecular weight excluding hydrogens is 341 g/mol. The first-order valence-electron chi connectivity index (χ1n) is 7.83. The Morgan fingerprint density at radius 3 is 2.00 bits per heavy atom. The Morgan fingerprint density at radius 2 is 1.46 bits per heavy atom. The number of benzene rings is 2. The Labute approximate surface area is 152 Å². The molecule has 1 amide bonds. The maximum Gasteiger partial charge on any atom is 0.257 e. The van der Waals surface area contributed by atoms with E-state index in [1.54, 1.807) is 25.2 Å². The van der Waals surface area contributed by atoms with E-state index in [0.717, 1.165) is 0 Å². The molecule has 140 valence electrons. The first kappa shape index (κ1) is 19.4. The standard InChI is InChI=1S/C19H22FNO5/c1-21(11-12-6-7-15(23-2)14(20)8-12)19(22)13-9-17(25-4)18(26-5)10-16(13)24-3/h6-10H,11H2,1-5H3. The highest BCUT2D eigenvalue weighted by Gasteiger charge is 2.21. The normalized spacial score (nSPS) is 10.2.